The van der Waals surface area contributed by atoms with Gasteiger partial charge in [-0.25, -0.2) is 17.9 Å². The Bertz CT molecular complexity index is 779. The summed E-state index contributed by atoms with van der Waals surface area (Å²) in [5, 5.41) is 11.3. The first kappa shape index (κ1) is 22.0. The molecule has 1 aromatic rings. The number of benzene rings is 1. The number of esters is 1. The minimum atomic E-state index is -4.14. The van der Waals surface area contributed by atoms with Gasteiger partial charge in [0.1, 0.15) is 0 Å². The molecule has 0 radical (unpaired) electrons. The highest BCUT2D eigenvalue weighted by atomic mass is 32.2. The van der Waals surface area contributed by atoms with Crippen LogP contribution in [-0.2, 0) is 14.8 Å². The van der Waals surface area contributed by atoms with Gasteiger partial charge in [0.2, 0.25) is 10.0 Å². The van der Waals surface area contributed by atoms with Gasteiger partial charge in [0.05, 0.1) is 22.0 Å². The van der Waals surface area contributed by atoms with Crippen LogP contribution in [0.25, 0.3) is 0 Å². The molecule has 0 aliphatic heterocycles. The topological polar surface area (TPSA) is 142 Å². The van der Waals surface area contributed by atoms with Crippen molar-refractivity contribution in [2.45, 2.75) is 51.0 Å². The van der Waals surface area contributed by atoms with Gasteiger partial charge in [-0.3, -0.25) is 10.1 Å². The van der Waals surface area contributed by atoms with E-state index in [1.54, 1.807) is 20.8 Å². The lowest BCUT2D eigenvalue weighted by atomic mass is 9.95. The number of nitrogens with one attached hydrogen (secondary N) is 1. The Kier molecular flexibility index (Phi) is 7.25. The second kappa shape index (κ2) is 8.56. The molecular formula is C16H25N3O6S. The number of rotatable bonds is 9. The summed E-state index contributed by atoms with van der Waals surface area (Å²) in [5.74, 6) is -0.818. The Balaban J connectivity index is 3.56. The van der Waals surface area contributed by atoms with E-state index in [1.807, 2.05) is 0 Å². The van der Waals surface area contributed by atoms with Gasteiger partial charge < -0.3 is 10.5 Å². The SMILES string of the molecule is CCOC(=O)c1cc(S(=O)(=O)NC(CC)(CC)CN)cc([N+](=O)[O-])c1C. The number of nitrogens with zero attached hydrogens (tertiary/aromatic N) is 1. The van der Waals surface area contributed by atoms with Crippen molar-refractivity contribution >= 4 is 21.7 Å². The van der Waals surface area contributed by atoms with Crippen LogP contribution in [0.3, 0.4) is 0 Å². The number of ether oxygens (including phenoxy) is 1. The summed E-state index contributed by atoms with van der Waals surface area (Å²) in [6, 6.07) is 2.03. The molecule has 0 bridgehead atoms. The molecule has 0 atom stereocenters. The second-order valence-corrected chi connectivity index (χ2v) is 7.57. The third kappa shape index (κ3) is 4.57. The molecule has 146 valence electrons. The molecule has 0 saturated heterocycles. The molecule has 26 heavy (non-hydrogen) atoms. The van der Waals surface area contributed by atoms with Crippen molar-refractivity contribution in [1.82, 2.24) is 4.72 Å². The number of nitro groups is 1. The van der Waals surface area contributed by atoms with Crippen LogP contribution in [-0.4, -0.2) is 38.0 Å². The number of carbonyl (C=O) groups is 1. The predicted octanol–water partition coefficient (Wildman–Crippen LogP) is 1.88. The van der Waals surface area contributed by atoms with Crippen molar-refractivity contribution in [3.8, 4) is 0 Å². The molecule has 10 heteroatoms. The smallest absolute Gasteiger partial charge is 0.338 e. The quantitative estimate of drug-likeness (QED) is 0.374. The van der Waals surface area contributed by atoms with E-state index >= 15 is 0 Å². The summed E-state index contributed by atoms with van der Waals surface area (Å²) in [5.41, 5.74) is 4.27. The number of hydrogen-bond donors (Lipinski definition) is 2. The number of nitro benzene ring substituents is 1. The summed E-state index contributed by atoms with van der Waals surface area (Å²) < 4.78 is 33.0. The fourth-order valence-electron chi connectivity index (χ4n) is 2.51. The number of nitrogens with two attached hydrogens (primary N) is 1. The lowest BCUT2D eigenvalue weighted by Gasteiger charge is -2.31. The molecule has 1 rings (SSSR count). The maximum absolute atomic E-state index is 12.8. The van der Waals surface area contributed by atoms with Gasteiger partial charge >= 0.3 is 5.97 Å². The summed E-state index contributed by atoms with van der Waals surface area (Å²) in [6.45, 7) is 6.67. The molecule has 3 N–H and O–H groups in total. The van der Waals surface area contributed by atoms with E-state index in [0.717, 1.165) is 12.1 Å². The van der Waals surface area contributed by atoms with E-state index in [2.05, 4.69) is 4.72 Å². The molecule has 0 fully saturated rings. The third-order valence-electron chi connectivity index (χ3n) is 4.45. The molecule has 0 aliphatic carbocycles. The standard InChI is InChI=1S/C16H25N3O6S/c1-5-16(6-2,10-17)18-26(23,24)12-8-13(15(20)25-7-3)11(4)14(9-12)19(21)22/h8-9,18H,5-7,10,17H2,1-4H3. The number of sulfonamides is 1. The number of carbonyl (C=O) groups excluding carboxylic acids is 1. The van der Waals surface area contributed by atoms with E-state index < -0.39 is 32.1 Å². The van der Waals surface area contributed by atoms with Crippen LogP contribution in [0.5, 0.6) is 0 Å². The van der Waals surface area contributed by atoms with Crippen molar-refractivity contribution in [2.24, 2.45) is 5.73 Å². The van der Waals surface area contributed by atoms with E-state index in [-0.39, 0.29) is 29.2 Å². The molecule has 0 unspecified atom stereocenters. The van der Waals surface area contributed by atoms with E-state index in [9.17, 15) is 23.3 Å². The lowest BCUT2D eigenvalue weighted by molar-refractivity contribution is -0.385. The van der Waals surface area contributed by atoms with Crippen LogP contribution in [0.2, 0.25) is 0 Å². The predicted molar refractivity (Wildman–Crippen MR) is 96.5 cm³/mol. The Labute approximate surface area is 153 Å². The molecule has 9 nitrogen and oxygen atoms in total. The largest absolute Gasteiger partial charge is 0.462 e. The van der Waals surface area contributed by atoms with Gasteiger partial charge in [-0.15, -0.1) is 0 Å². The lowest BCUT2D eigenvalue weighted by Crippen LogP contribution is -2.52. The minimum Gasteiger partial charge on any atom is -0.462 e. The molecule has 0 spiro atoms. The Morgan fingerprint density at radius 3 is 2.31 bits per heavy atom. The van der Waals surface area contributed by atoms with Crippen LogP contribution in [0.15, 0.2) is 17.0 Å². The molecular weight excluding hydrogens is 362 g/mol. The van der Waals surface area contributed by atoms with Gasteiger partial charge in [-0.2, -0.15) is 0 Å². The van der Waals surface area contributed by atoms with Gasteiger partial charge in [0, 0.05) is 23.7 Å². The monoisotopic (exact) mass is 387 g/mol. The third-order valence-corrected chi connectivity index (χ3v) is 6.01. The average Bonchev–Trinajstić information content (AvgIpc) is 2.59. The van der Waals surface area contributed by atoms with Gasteiger partial charge in [0.25, 0.3) is 5.69 Å². The first-order valence-electron chi connectivity index (χ1n) is 8.27. The number of hydrogen-bond acceptors (Lipinski definition) is 7. The first-order valence-corrected chi connectivity index (χ1v) is 9.76. The van der Waals surface area contributed by atoms with Gasteiger partial charge in [-0.05, 0) is 32.8 Å². The van der Waals surface area contributed by atoms with Crippen molar-refractivity contribution in [2.75, 3.05) is 13.2 Å². The van der Waals surface area contributed by atoms with Crippen LogP contribution >= 0.6 is 0 Å². The minimum absolute atomic E-state index is 0.0449. The summed E-state index contributed by atoms with van der Waals surface area (Å²) >= 11 is 0. The van der Waals surface area contributed by atoms with Crippen LogP contribution < -0.4 is 10.5 Å². The highest BCUT2D eigenvalue weighted by Gasteiger charge is 2.33. The van der Waals surface area contributed by atoms with E-state index in [1.165, 1.54) is 6.92 Å². The Hall–Kier alpha value is -2.04. The highest BCUT2D eigenvalue weighted by molar-refractivity contribution is 7.89. The molecule has 0 aliphatic rings. The van der Waals surface area contributed by atoms with Crippen LogP contribution in [0.1, 0.15) is 49.5 Å². The Morgan fingerprint density at radius 2 is 1.88 bits per heavy atom. The van der Waals surface area contributed by atoms with Crippen LogP contribution in [0.4, 0.5) is 5.69 Å². The first-order chi connectivity index (χ1) is 12.1. The highest BCUT2D eigenvalue weighted by Crippen LogP contribution is 2.28. The maximum atomic E-state index is 12.8. The van der Waals surface area contributed by atoms with Crippen LogP contribution in [0, 0.1) is 17.0 Å². The van der Waals surface area contributed by atoms with E-state index in [0.29, 0.717) is 12.8 Å². The summed E-state index contributed by atoms with van der Waals surface area (Å²) in [6.07, 6.45) is 0.885. The second-order valence-electron chi connectivity index (χ2n) is 5.89. The zero-order chi connectivity index (χ0) is 20.1. The van der Waals surface area contributed by atoms with Gasteiger partial charge in [-0.1, -0.05) is 13.8 Å². The summed E-state index contributed by atoms with van der Waals surface area (Å²) in [7, 11) is -4.14. The molecule has 0 aromatic heterocycles. The zero-order valence-electron chi connectivity index (χ0n) is 15.4. The van der Waals surface area contributed by atoms with Crippen molar-refractivity contribution in [3.05, 3.63) is 33.4 Å². The molecule has 0 amide bonds. The fourth-order valence-corrected chi connectivity index (χ4v) is 4.11. The normalized spacial score (nSPS) is 12.0. The van der Waals surface area contributed by atoms with Crippen molar-refractivity contribution in [1.29, 1.82) is 0 Å². The maximum Gasteiger partial charge on any atom is 0.338 e. The van der Waals surface area contributed by atoms with Crippen molar-refractivity contribution in [3.63, 3.8) is 0 Å². The molecule has 0 heterocycles. The average molecular weight is 387 g/mol. The van der Waals surface area contributed by atoms with Gasteiger partial charge in [0.15, 0.2) is 0 Å². The molecule has 0 saturated carbocycles. The summed E-state index contributed by atoms with van der Waals surface area (Å²) in [4.78, 5) is 22.3. The Morgan fingerprint density at radius 1 is 1.31 bits per heavy atom. The zero-order valence-corrected chi connectivity index (χ0v) is 16.2. The fraction of sp³-hybridized carbons (Fsp3) is 0.562. The van der Waals surface area contributed by atoms with Crippen molar-refractivity contribution < 1.29 is 22.9 Å². The van der Waals surface area contributed by atoms with E-state index in [4.69, 9.17) is 10.5 Å². The molecule has 1 aromatic carbocycles.